The first-order valence-corrected chi connectivity index (χ1v) is 25.2. The quantitative estimate of drug-likeness (QED) is 0.0275. The number of rotatable bonds is 43. The third-order valence-electron chi connectivity index (χ3n) is 10.7. The highest BCUT2D eigenvalue weighted by molar-refractivity contribution is 7.45. The molecule has 0 spiro atoms. The van der Waals surface area contributed by atoms with Crippen molar-refractivity contribution in [2.75, 3.05) is 40.9 Å². The number of hydrogen-bond donors (Lipinski definition) is 2. The van der Waals surface area contributed by atoms with E-state index in [1.165, 1.54) is 161 Å². The molecule has 1 amide bonds. The fraction of sp³-hybridized carbons (Fsp3) is 0.894. The minimum Gasteiger partial charge on any atom is -0.756 e. The zero-order valence-electron chi connectivity index (χ0n) is 37.6. The van der Waals surface area contributed by atoms with E-state index in [1.807, 2.05) is 27.2 Å². The number of amides is 1. The fourth-order valence-corrected chi connectivity index (χ4v) is 7.58. The van der Waals surface area contributed by atoms with Gasteiger partial charge in [-0.1, -0.05) is 192 Å². The Morgan fingerprint density at radius 2 is 0.982 bits per heavy atom. The van der Waals surface area contributed by atoms with E-state index >= 15 is 0 Å². The Bertz CT molecular complexity index is 969. The molecule has 0 bridgehead atoms. The van der Waals surface area contributed by atoms with Crippen LogP contribution in [0.1, 0.15) is 219 Å². The maximum atomic E-state index is 12.9. The molecule has 3 atom stereocenters. The number of aliphatic hydroxyl groups excluding tert-OH is 1. The first-order chi connectivity index (χ1) is 27.0. The number of hydrogen-bond acceptors (Lipinski definition) is 6. The van der Waals surface area contributed by atoms with Gasteiger partial charge in [0.05, 0.1) is 39.9 Å². The number of nitrogens with one attached hydrogen (secondary N) is 1. The van der Waals surface area contributed by atoms with Gasteiger partial charge in [0.15, 0.2) is 0 Å². The van der Waals surface area contributed by atoms with Crippen molar-refractivity contribution in [1.82, 2.24) is 5.32 Å². The van der Waals surface area contributed by atoms with E-state index in [2.05, 4.69) is 31.3 Å². The van der Waals surface area contributed by atoms with Crippen molar-refractivity contribution in [3.05, 3.63) is 24.3 Å². The van der Waals surface area contributed by atoms with Crippen LogP contribution in [0.5, 0.6) is 0 Å². The van der Waals surface area contributed by atoms with Crippen LogP contribution in [-0.2, 0) is 18.4 Å². The lowest BCUT2D eigenvalue weighted by molar-refractivity contribution is -0.870. The predicted molar refractivity (Wildman–Crippen MR) is 238 cm³/mol. The van der Waals surface area contributed by atoms with Crippen LogP contribution >= 0.6 is 7.82 Å². The van der Waals surface area contributed by atoms with Gasteiger partial charge in [-0.2, -0.15) is 0 Å². The molecule has 0 aromatic heterocycles. The highest BCUT2D eigenvalue weighted by Crippen LogP contribution is 2.38. The molecule has 0 heterocycles. The van der Waals surface area contributed by atoms with Crippen molar-refractivity contribution in [1.29, 1.82) is 0 Å². The van der Waals surface area contributed by atoms with Gasteiger partial charge in [-0.05, 0) is 44.9 Å². The fourth-order valence-electron chi connectivity index (χ4n) is 6.85. The van der Waals surface area contributed by atoms with Crippen LogP contribution in [0.2, 0.25) is 0 Å². The second kappa shape index (κ2) is 39.4. The minimum absolute atomic E-state index is 0.000820. The first-order valence-electron chi connectivity index (χ1n) is 23.7. The molecule has 0 aliphatic rings. The molecule has 9 heteroatoms. The van der Waals surface area contributed by atoms with Crippen molar-refractivity contribution in [3.63, 3.8) is 0 Å². The van der Waals surface area contributed by atoms with Crippen LogP contribution < -0.4 is 10.2 Å². The molecule has 0 radical (unpaired) electrons. The number of quaternary nitrogens is 1. The summed E-state index contributed by atoms with van der Waals surface area (Å²) >= 11 is 0. The smallest absolute Gasteiger partial charge is 0.268 e. The molecule has 0 aliphatic heterocycles. The highest BCUT2D eigenvalue weighted by Gasteiger charge is 2.23. The zero-order valence-corrected chi connectivity index (χ0v) is 38.5. The lowest BCUT2D eigenvalue weighted by atomic mass is 10.0. The topological polar surface area (TPSA) is 108 Å². The minimum atomic E-state index is -4.58. The number of unbranched alkanes of at least 4 members (excludes halogenated alkanes) is 28. The SMILES string of the molecule is CCCCCCCCCCCC/C=C/C(O)C(COP(=O)([O-])OCC[N+](C)(C)C)NC(=O)CCCCCCCCC/C=C\CCCCCCCCCCCCC. The number of aliphatic hydroxyl groups is 1. The molecule has 2 N–H and O–H groups in total. The third kappa shape index (κ3) is 41.2. The summed E-state index contributed by atoms with van der Waals surface area (Å²) in [5, 5.41) is 13.8. The Labute approximate surface area is 347 Å². The van der Waals surface area contributed by atoms with Crippen molar-refractivity contribution in [2.45, 2.75) is 231 Å². The molecular formula is C47H93N2O6P. The van der Waals surface area contributed by atoms with Crippen LogP contribution in [0.25, 0.3) is 0 Å². The maximum Gasteiger partial charge on any atom is 0.268 e. The zero-order chi connectivity index (χ0) is 41.4. The van der Waals surface area contributed by atoms with Gasteiger partial charge in [0.2, 0.25) is 5.91 Å². The summed E-state index contributed by atoms with van der Waals surface area (Å²) in [6.45, 7) is 4.64. The number of carbonyl (C=O) groups is 1. The molecule has 0 aromatic rings. The third-order valence-corrected chi connectivity index (χ3v) is 11.6. The Kier molecular flexibility index (Phi) is 38.7. The average molecular weight is 813 g/mol. The molecule has 0 rings (SSSR count). The van der Waals surface area contributed by atoms with Gasteiger partial charge in [0.25, 0.3) is 7.82 Å². The van der Waals surface area contributed by atoms with Gasteiger partial charge < -0.3 is 28.8 Å². The molecule has 56 heavy (non-hydrogen) atoms. The second-order valence-electron chi connectivity index (χ2n) is 17.5. The van der Waals surface area contributed by atoms with Crippen LogP contribution in [0.4, 0.5) is 0 Å². The number of phosphoric ester groups is 1. The molecular weight excluding hydrogens is 719 g/mol. The van der Waals surface area contributed by atoms with Gasteiger partial charge in [0.1, 0.15) is 13.2 Å². The lowest BCUT2D eigenvalue weighted by Crippen LogP contribution is -2.45. The average Bonchev–Trinajstić information content (AvgIpc) is 3.15. The maximum absolute atomic E-state index is 12.9. The van der Waals surface area contributed by atoms with E-state index in [0.717, 1.165) is 38.5 Å². The molecule has 8 nitrogen and oxygen atoms in total. The van der Waals surface area contributed by atoms with E-state index in [1.54, 1.807) is 6.08 Å². The highest BCUT2D eigenvalue weighted by atomic mass is 31.2. The van der Waals surface area contributed by atoms with Crippen LogP contribution in [0.3, 0.4) is 0 Å². The van der Waals surface area contributed by atoms with Crippen molar-refractivity contribution < 1.29 is 32.9 Å². The first kappa shape index (κ1) is 55.0. The van der Waals surface area contributed by atoms with E-state index < -0.39 is 20.0 Å². The van der Waals surface area contributed by atoms with E-state index in [-0.39, 0.29) is 19.1 Å². The van der Waals surface area contributed by atoms with Gasteiger partial charge in [0, 0.05) is 6.42 Å². The van der Waals surface area contributed by atoms with E-state index in [9.17, 15) is 19.4 Å². The van der Waals surface area contributed by atoms with Crippen molar-refractivity contribution in [3.8, 4) is 0 Å². The molecule has 332 valence electrons. The number of nitrogens with zero attached hydrogens (tertiary/aromatic N) is 1. The van der Waals surface area contributed by atoms with Crippen LogP contribution in [-0.4, -0.2) is 68.5 Å². The Balaban J connectivity index is 4.28. The monoisotopic (exact) mass is 813 g/mol. The summed E-state index contributed by atoms with van der Waals surface area (Å²) in [6.07, 6.45) is 46.6. The summed E-state index contributed by atoms with van der Waals surface area (Å²) in [4.78, 5) is 25.3. The Morgan fingerprint density at radius 3 is 1.39 bits per heavy atom. The summed E-state index contributed by atoms with van der Waals surface area (Å²) in [7, 11) is 1.26. The molecule has 3 unspecified atom stereocenters. The largest absolute Gasteiger partial charge is 0.756 e. The number of carbonyl (C=O) groups excluding carboxylic acids is 1. The van der Waals surface area contributed by atoms with Crippen molar-refractivity contribution in [2.24, 2.45) is 0 Å². The Hall–Kier alpha value is -1.02. The summed E-state index contributed by atoms with van der Waals surface area (Å²) in [5.74, 6) is -0.202. The molecule has 0 aromatic carbocycles. The van der Waals surface area contributed by atoms with Gasteiger partial charge in [-0.15, -0.1) is 0 Å². The number of phosphoric acid groups is 1. The van der Waals surface area contributed by atoms with Crippen LogP contribution in [0, 0.1) is 0 Å². The number of allylic oxidation sites excluding steroid dienone is 3. The van der Waals surface area contributed by atoms with E-state index in [4.69, 9.17) is 9.05 Å². The van der Waals surface area contributed by atoms with Crippen LogP contribution in [0.15, 0.2) is 24.3 Å². The summed E-state index contributed by atoms with van der Waals surface area (Å²) in [5.41, 5.74) is 0. The molecule has 0 saturated carbocycles. The summed E-state index contributed by atoms with van der Waals surface area (Å²) in [6, 6.07) is -0.885. The molecule has 0 fully saturated rings. The second-order valence-corrected chi connectivity index (χ2v) is 18.9. The van der Waals surface area contributed by atoms with Crippen molar-refractivity contribution >= 4 is 13.7 Å². The molecule has 0 aliphatic carbocycles. The normalized spacial score (nSPS) is 14.5. The van der Waals surface area contributed by atoms with Gasteiger partial charge in [-0.3, -0.25) is 9.36 Å². The standard InChI is InChI=1S/C47H93N2O6P/c1-6-8-10-12-14-16-18-20-21-22-23-24-25-26-27-28-29-31-33-35-37-39-41-47(51)48-45(44-55-56(52,53)54-43-42-49(3,4)5)46(50)40-38-36-34-32-30-19-17-15-13-11-9-7-2/h25-26,38,40,45-46,50H,6-24,27-37,39,41-44H2,1-5H3,(H-,48,51,52,53)/b26-25-,40-38+. The lowest BCUT2D eigenvalue weighted by Gasteiger charge is -2.29. The Morgan fingerprint density at radius 1 is 0.607 bits per heavy atom. The van der Waals surface area contributed by atoms with Gasteiger partial charge in [-0.25, -0.2) is 0 Å². The predicted octanol–water partition coefficient (Wildman–Crippen LogP) is 12.7. The van der Waals surface area contributed by atoms with Gasteiger partial charge >= 0.3 is 0 Å². The van der Waals surface area contributed by atoms with E-state index in [0.29, 0.717) is 17.4 Å². The number of likely N-dealkylation sites (N-methyl/N-ethyl adjacent to an activating group) is 1. The molecule has 0 saturated heterocycles. The summed E-state index contributed by atoms with van der Waals surface area (Å²) < 4.78 is 23.2.